The predicted octanol–water partition coefficient (Wildman–Crippen LogP) is 1.40. The number of carbonyl (C=O) groups is 1. The van der Waals surface area contributed by atoms with Gasteiger partial charge in [0, 0.05) is 18.9 Å². The van der Waals surface area contributed by atoms with Crippen LogP contribution in [0.1, 0.15) is 24.2 Å². The van der Waals surface area contributed by atoms with Crippen LogP contribution in [0.15, 0.2) is 18.5 Å². The maximum Gasteiger partial charge on any atom is 0.252 e. The zero-order valence-electron chi connectivity index (χ0n) is 7.42. The molecule has 1 rings (SSSR count). The van der Waals surface area contributed by atoms with E-state index in [0.29, 0.717) is 11.5 Å². The monoisotopic (exact) mass is 166 g/mol. The number of amides is 1. The number of nitrogens with one attached hydrogen (secondary N) is 2. The highest BCUT2D eigenvalue weighted by molar-refractivity contribution is 5.93. The van der Waals surface area contributed by atoms with Gasteiger partial charge in [0.1, 0.15) is 0 Å². The van der Waals surface area contributed by atoms with Crippen molar-refractivity contribution in [1.82, 2.24) is 10.3 Å². The maximum absolute atomic E-state index is 11.3. The summed E-state index contributed by atoms with van der Waals surface area (Å²) in [5, 5.41) is 2.83. The third-order valence-electron chi connectivity index (χ3n) is 1.53. The highest BCUT2D eigenvalue weighted by atomic mass is 16.1. The van der Waals surface area contributed by atoms with Crippen molar-refractivity contribution >= 4 is 5.91 Å². The molecule has 12 heavy (non-hydrogen) atoms. The van der Waals surface area contributed by atoms with Crippen LogP contribution in [0.4, 0.5) is 0 Å². The number of aromatic amines is 1. The molecule has 1 amide bonds. The van der Waals surface area contributed by atoms with Gasteiger partial charge in [-0.25, -0.2) is 0 Å². The van der Waals surface area contributed by atoms with Crippen molar-refractivity contribution in [1.29, 1.82) is 0 Å². The van der Waals surface area contributed by atoms with E-state index in [9.17, 15) is 4.79 Å². The number of rotatable bonds is 3. The van der Waals surface area contributed by atoms with Gasteiger partial charge in [-0.1, -0.05) is 13.8 Å². The lowest BCUT2D eigenvalue weighted by Gasteiger charge is -2.05. The molecule has 66 valence electrons. The van der Waals surface area contributed by atoms with Gasteiger partial charge in [0.25, 0.3) is 5.91 Å². The van der Waals surface area contributed by atoms with Crippen LogP contribution in [0.3, 0.4) is 0 Å². The van der Waals surface area contributed by atoms with E-state index in [2.05, 4.69) is 24.1 Å². The first-order valence-electron chi connectivity index (χ1n) is 4.11. The molecule has 2 N–H and O–H groups in total. The molecule has 1 heterocycles. The fourth-order valence-electron chi connectivity index (χ4n) is 0.864. The molecule has 0 fully saturated rings. The standard InChI is InChI=1S/C9H14N2O/c1-7(2)5-11-9(12)8-3-4-10-6-8/h3-4,6-7,10H,5H2,1-2H3,(H,11,12). The molecule has 0 spiro atoms. The predicted molar refractivity (Wildman–Crippen MR) is 48.0 cm³/mol. The molecule has 0 saturated heterocycles. The summed E-state index contributed by atoms with van der Waals surface area (Å²) >= 11 is 0. The summed E-state index contributed by atoms with van der Waals surface area (Å²) in [7, 11) is 0. The van der Waals surface area contributed by atoms with Crippen molar-refractivity contribution < 1.29 is 4.79 Å². The second-order valence-corrected chi connectivity index (χ2v) is 3.20. The van der Waals surface area contributed by atoms with E-state index in [0.717, 1.165) is 6.54 Å². The molecule has 0 aliphatic heterocycles. The molecule has 0 bridgehead atoms. The van der Waals surface area contributed by atoms with Crippen LogP contribution in [0.2, 0.25) is 0 Å². The topological polar surface area (TPSA) is 44.9 Å². The summed E-state index contributed by atoms with van der Waals surface area (Å²) in [5.74, 6) is 0.484. The van der Waals surface area contributed by atoms with Crippen molar-refractivity contribution in [3.63, 3.8) is 0 Å². The molecule has 0 aliphatic carbocycles. The molecule has 0 unspecified atom stereocenters. The Bertz CT molecular complexity index is 239. The Kier molecular flexibility index (Phi) is 2.91. The maximum atomic E-state index is 11.3. The Morgan fingerprint density at radius 2 is 2.42 bits per heavy atom. The van der Waals surface area contributed by atoms with Gasteiger partial charge in [0.05, 0.1) is 5.56 Å². The van der Waals surface area contributed by atoms with Crippen LogP contribution in [0.5, 0.6) is 0 Å². The van der Waals surface area contributed by atoms with E-state index in [-0.39, 0.29) is 5.91 Å². The highest BCUT2D eigenvalue weighted by Crippen LogP contribution is 1.96. The minimum atomic E-state index is -0.00931. The molecule has 1 aromatic rings. The van der Waals surface area contributed by atoms with E-state index in [4.69, 9.17) is 0 Å². The summed E-state index contributed by atoms with van der Waals surface area (Å²) in [6.07, 6.45) is 3.43. The van der Waals surface area contributed by atoms with Crippen molar-refractivity contribution in [2.45, 2.75) is 13.8 Å². The van der Waals surface area contributed by atoms with Gasteiger partial charge in [0.15, 0.2) is 0 Å². The first-order valence-corrected chi connectivity index (χ1v) is 4.11. The molecule has 0 saturated carbocycles. The van der Waals surface area contributed by atoms with E-state index >= 15 is 0 Å². The van der Waals surface area contributed by atoms with Crippen molar-refractivity contribution in [3.05, 3.63) is 24.0 Å². The summed E-state index contributed by atoms with van der Waals surface area (Å²) < 4.78 is 0. The molecule has 3 nitrogen and oxygen atoms in total. The second kappa shape index (κ2) is 3.95. The average Bonchev–Trinajstić information content (AvgIpc) is 2.51. The van der Waals surface area contributed by atoms with Crippen LogP contribution < -0.4 is 5.32 Å². The quantitative estimate of drug-likeness (QED) is 0.700. The number of hydrogen-bond acceptors (Lipinski definition) is 1. The zero-order chi connectivity index (χ0) is 8.97. The van der Waals surface area contributed by atoms with Gasteiger partial charge in [-0.2, -0.15) is 0 Å². The van der Waals surface area contributed by atoms with Crippen LogP contribution >= 0.6 is 0 Å². The number of carbonyl (C=O) groups excluding carboxylic acids is 1. The Balaban J connectivity index is 2.40. The Hall–Kier alpha value is -1.25. The van der Waals surface area contributed by atoms with Gasteiger partial charge >= 0.3 is 0 Å². The fourth-order valence-corrected chi connectivity index (χ4v) is 0.864. The van der Waals surface area contributed by atoms with Gasteiger partial charge in [-0.3, -0.25) is 4.79 Å². The molecule has 0 radical (unpaired) electrons. The minimum Gasteiger partial charge on any atom is -0.367 e. The normalized spacial score (nSPS) is 10.2. The van der Waals surface area contributed by atoms with Gasteiger partial charge in [-0.15, -0.1) is 0 Å². The Morgan fingerprint density at radius 1 is 1.67 bits per heavy atom. The largest absolute Gasteiger partial charge is 0.367 e. The molecular weight excluding hydrogens is 152 g/mol. The van der Waals surface area contributed by atoms with E-state index < -0.39 is 0 Å². The molecule has 0 aliphatic rings. The van der Waals surface area contributed by atoms with Gasteiger partial charge in [0.2, 0.25) is 0 Å². The fraction of sp³-hybridized carbons (Fsp3) is 0.444. The van der Waals surface area contributed by atoms with Crippen molar-refractivity contribution in [2.24, 2.45) is 5.92 Å². The molecule has 3 heteroatoms. The van der Waals surface area contributed by atoms with Crippen LogP contribution in [-0.2, 0) is 0 Å². The zero-order valence-corrected chi connectivity index (χ0v) is 7.42. The lowest BCUT2D eigenvalue weighted by Crippen LogP contribution is -2.26. The third kappa shape index (κ3) is 2.42. The Labute approximate surface area is 72.2 Å². The summed E-state index contributed by atoms with van der Waals surface area (Å²) in [6.45, 7) is 4.86. The summed E-state index contributed by atoms with van der Waals surface area (Å²) in [6, 6.07) is 1.76. The molecule has 0 atom stereocenters. The lowest BCUT2D eigenvalue weighted by atomic mass is 10.2. The summed E-state index contributed by atoms with van der Waals surface area (Å²) in [4.78, 5) is 14.1. The van der Waals surface area contributed by atoms with Crippen molar-refractivity contribution in [2.75, 3.05) is 6.54 Å². The number of aromatic nitrogens is 1. The molecule has 1 aromatic heterocycles. The smallest absolute Gasteiger partial charge is 0.252 e. The van der Waals surface area contributed by atoms with Gasteiger partial charge < -0.3 is 10.3 Å². The van der Waals surface area contributed by atoms with Crippen LogP contribution in [0.25, 0.3) is 0 Å². The highest BCUT2D eigenvalue weighted by Gasteiger charge is 2.04. The summed E-state index contributed by atoms with van der Waals surface area (Å²) in [5.41, 5.74) is 0.690. The first kappa shape index (κ1) is 8.84. The molecule has 0 aromatic carbocycles. The van der Waals surface area contributed by atoms with Crippen LogP contribution in [0, 0.1) is 5.92 Å². The average molecular weight is 166 g/mol. The first-order chi connectivity index (χ1) is 5.70. The van der Waals surface area contributed by atoms with Crippen molar-refractivity contribution in [3.8, 4) is 0 Å². The van der Waals surface area contributed by atoms with E-state index in [1.54, 1.807) is 18.5 Å². The van der Waals surface area contributed by atoms with E-state index in [1.165, 1.54) is 0 Å². The number of hydrogen-bond donors (Lipinski definition) is 2. The Morgan fingerprint density at radius 3 is 2.92 bits per heavy atom. The lowest BCUT2D eigenvalue weighted by molar-refractivity contribution is 0.0949. The SMILES string of the molecule is CC(C)CNC(=O)c1cc[nH]c1. The molecular formula is C9H14N2O. The van der Waals surface area contributed by atoms with Crippen LogP contribution in [-0.4, -0.2) is 17.4 Å². The number of H-pyrrole nitrogens is 1. The van der Waals surface area contributed by atoms with E-state index in [1.807, 2.05) is 0 Å². The second-order valence-electron chi connectivity index (χ2n) is 3.20. The third-order valence-corrected chi connectivity index (χ3v) is 1.53. The minimum absolute atomic E-state index is 0.00931. The van der Waals surface area contributed by atoms with Gasteiger partial charge in [-0.05, 0) is 12.0 Å².